The maximum Gasteiger partial charge on any atom is 0.310 e. The standard InChI is InChI=1S/C24H42O4/c1-7-9-11-19-13-21(23(25)27-15-17(3)4)22(14-20(19)12-10-8-2)24(26)28-16-18(5)6/h17-18,21-22H,7-16H2,1-6H3. The molecule has 162 valence electrons. The Morgan fingerprint density at radius 3 is 1.43 bits per heavy atom. The third-order valence-electron chi connectivity index (χ3n) is 5.31. The van der Waals surface area contributed by atoms with E-state index in [1.54, 1.807) is 0 Å². The molecule has 4 nitrogen and oxygen atoms in total. The monoisotopic (exact) mass is 394 g/mol. The molecule has 0 aromatic rings. The van der Waals surface area contributed by atoms with E-state index in [9.17, 15) is 9.59 Å². The van der Waals surface area contributed by atoms with Gasteiger partial charge < -0.3 is 9.47 Å². The van der Waals surface area contributed by atoms with Crippen LogP contribution >= 0.6 is 0 Å². The van der Waals surface area contributed by atoms with Gasteiger partial charge in [0.05, 0.1) is 25.0 Å². The van der Waals surface area contributed by atoms with Crippen molar-refractivity contribution in [1.82, 2.24) is 0 Å². The first-order valence-electron chi connectivity index (χ1n) is 11.3. The summed E-state index contributed by atoms with van der Waals surface area (Å²) in [7, 11) is 0. The van der Waals surface area contributed by atoms with Crippen LogP contribution in [0.2, 0.25) is 0 Å². The lowest BCUT2D eigenvalue weighted by Gasteiger charge is -2.33. The second kappa shape index (κ2) is 13.0. The minimum atomic E-state index is -0.407. The number of hydrogen-bond acceptors (Lipinski definition) is 4. The number of ether oxygens (including phenoxy) is 2. The van der Waals surface area contributed by atoms with Gasteiger partial charge in [0.25, 0.3) is 0 Å². The van der Waals surface area contributed by atoms with E-state index in [1.165, 1.54) is 11.1 Å². The van der Waals surface area contributed by atoms with Gasteiger partial charge in [-0.3, -0.25) is 9.59 Å². The van der Waals surface area contributed by atoms with Gasteiger partial charge in [0.15, 0.2) is 0 Å². The van der Waals surface area contributed by atoms with Crippen LogP contribution in [0.25, 0.3) is 0 Å². The summed E-state index contributed by atoms with van der Waals surface area (Å²) >= 11 is 0. The largest absolute Gasteiger partial charge is 0.465 e. The molecular weight excluding hydrogens is 352 g/mol. The van der Waals surface area contributed by atoms with Gasteiger partial charge >= 0.3 is 11.9 Å². The molecule has 4 heteroatoms. The third kappa shape index (κ3) is 8.36. The summed E-state index contributed by atoms with van der Waals surface area (Å²) < 4.78 is 11.1. The quantitative estimate of drug-likeness (QED) is 0.297. The lowest BCUT2D eigenvalue weighted by Crippen LogP contribution is -2.37. The van der Waals surface area contributed by atoms with Crippen LogP contribution in [-0.4, -0.2) is 25.2 Å². The van der Waals surface area contributed by atoms with Crippen LogP contribution in [0.1, 0.15) is 92.9 Å². The molecule has 0 heterocycles. The van der Waals surface area contributed by atoms with Crippen LogP contribution in [0, 0.1) is 23.7 Å². The van der Waals surface area contributed by atoms with E-state index < -0.39 is 11.8 Å². The van der Waals surface area contributed by atoms with E-state index in [-0.39, 0.29) is 23.8 Å². The number of hydrogen-bond donors (Lipinski definition) is 0. The fraction of sp³-hybridized carbons (Fsp3) is 0.833. The second-order valence-corrected chi connectivity index (χ2v) is 9.08. The first-order chi connectivity index (χ1) is 13.3. The third-order valence-corrected chi connectivity index (χ3v) is 5.31. The van der Waals surface area contributed by atoms with Gasteiger partial charge in [0.2, 0.25) is 0 Å². The highest BCUT2D eigenvalue weighted by Gasteiger charge is 2.40. The number of rotatable bonds is 12. The highest BCUT2D eigenvalue weighted by molar-refractivity contribution is 5.83. The summed E-state index contributed by atoms with van der Waals surface area (Å²) in [5.41, 5.74) is 2.77. The van der Waals surface area contributed by atoms with Gasteiger partial charge in [-0.2, -0.15) is 0 Å². The van der Waals surface area contributed by atoms with E-state index in [2.05, 4.69) is 13.8 Å². The molecule has 0 bridgehead atoms. The molecule has 0 fully saturated rings. The molecule has 0 N–H and O–H groups in total. The Labute approximate surface area is 172 Å². The van der Waals surface area contributed by atoms with Gasteiger partial charge in [0, 0.05) is 0 Å². The van der Waals surface area contributed by atoms with Gasteiger partial charge in [-0.25, -0.2) is 0 Å². The highest BCUT2D eigenvalue weighted by Crippen LogP contribution is 2.40. The first kappa shape index (κ1) is 24.7. The van der Waals surface area contributed by atoms with Crippen molar-refractivity contribution in [2.45, 2.75) is 92.9 Å². The van der Waals surface area contributed by atoms with Crippen LogP contribution in [0.4, 0.5) is 0 Å². The smallest absolute Gasteiger partial charge is 0.310 e. The number of carbonyl (C=O) groups excluding carboxylic acids is 2. The van der Waals surface area contributed by atoms with Gasteiger partial charge in [-0.05, 0) is 50.4 Å². The molecule has 2 atom stereocenters. The summed E-state index contributed by atoms with van der Waals surface area (Å²) in [5, 5.41) is 0. The van der Waals surface area contributed by atoms with Crippen molar-refractivity contribution < 1.29 is 19.1 Å². The number of carbonyl (C=O) groups is 2. The average Bonchev–Trinajstić information content (AvgIpc) is 2.66. The van der Waals surface area contributed by atoms with Gasteiger partial charge in [-0.15, -0.1) is 0 Å². The molecule has 0 saturated carbocycles. The SMILES string of the molecule is CCCCC1=C(CCCC)CC(C(=O)OCC(C)C)C(C(=O)OCC(C)C)C1. The molecule has 0 aliphatic heterocycles. The van der Waals surface area contributed by atoms with Crippen LogP contribution < -0.4 is 0 Å². The average molecular weight is 395 g/mol. The summed E-state index contributed by atoms with van der Waals surface area (Å²) in [6, 6.07) is 0. The Hall–Kier alpha value is -1.32. The zero-order chi connectivity index (χ0) is 21.1. The maximum absolute atomic E-state index is 12.8. The molecular formula is C24H42O4. The van der Waals surface area contributed by atoms with Crippen LogP contribution in [0.5, 0.6) is 0 Å². The molecule has 1 rings (SSSR count). The second-order valence-electron chi connectivity index (χ2n) is 9.08. The van der Waals surface area contributed by atoms with Crippen LogP contribution in [0.3, 0.4) is 0 Å². The molecule has 0 aromatic heterocycles. The fourth-order valence-electron chi connectivity index (χ4n) is 3.65. The van der Waals surface area contributed by atoms with Crippen molar-refractivity contribution in [2.24, 2.45) is 23.7 Å². The minimum absolute atomic E-state index is 0.233. The summed E-state index contributed by atoms with van der Waals surface area (Å²) in [6.45, 7) is 13.3. The van der Waals surface area contributed by atoms with Crippen molar-refractivity contribution in [3.05, 3.63) is 11.1 Å². The lowest BCUT2D eigenvalue weighted by molar-refractivity contribution is -0.162. The van der Waals surface area contributed by atoms with Crippen molar-refractivity contribution in [3.63, 3.8) is 0 Å². The van der Waals surface area contributed by atoms with E-state index in [0.29, 0.717) is 26.1 Å². The van der Waals surface area contributed by atoms with Gasteiger partial charge in [-0.1, -0.05) is 65.5 Å². The van der Waals surface area contributed by atoms with E-state index in [4.69, 9.17) is 9.47 Å². The number of unbranched alkanes of at least 4 members (excludes halogenated alkanes) is 2. The van der Waals surface area contributed by atoms with Crippen LogP contribution in [0.15, 0.2) is 11.1 Å². The van der Waals surface area contributed by atoms with Crippen LogP contribution in [-0.2, 0) is 19.1 Å². The molecule has 0 spiro atoms. The zero-order valence-corrected chi connectivity index (χ0v) is 19.0. The Balaban J connectivity index is 3.05. The Bertz CT molecular complexity index is 473. The fourth-order valence-corrected chi connectivity index (χ4v) is 3.65. The minimum Gasteiger partial charge on any atom is -0.465 e. The molecule has 0 amide bonds. The molecule has 0 saturated heterocycles. The normalized spacial score (nSPS) is 20.0. The van der Waals surface area contributed by atoms with Crippen molar-refractivity contribution >= 4 is 11.9 Å². The zero-order valence-electron chi connectivity index (χ0n) is 19.0. The van der Waals surface area contributed by atoms with E-state index in [1.807, 2.05) is 27.7 Å². The maximum atomic E-state index is 12.8. The molecule has 1 aliphatic carbocycles. The van der Waals surface area contributed by atoms with E-state index >= 15 is 0 Å². The molecule has 28 heavy (non-hydrogen) atoms. The van der Waals surface area contributed by atoms with Crippen molar-refractivity contribution in [2.75, 3.05) is 13.2 Å². The molecule has 2 unspecified atom stereocenters. The van der Waals surface area contributed by atoms with Crippen molar-refractivity contribution in [1.29, 1.82) is 0 Å². The Morgan fingerprint density at radius 1 is 0.786 bits per heavy atom. The summed E-state index contributed by atoms with van der Waals surface area (Å²) in [4.78, 5) is 25.7. The van der Waals surface area contributed by atoms with Gasteiger partial charge in [0.1, 0.15) is 0 Å². The topological polar surface area (TPSA) is 52.6 Å². The first-order valence-corrected chi connectivity index (χ1v) is 11.3. The summed E-state index contributed by atoms with van der Waals surface area (Å²) in [5.74, 6) is -0.707. The molecule has 0 aromatic carbocycles. The molecule has 0 radical (unpaired) electrons. The Morgan fingerprint density at radius 2 is 1.14 bits per heavy atom. The molecule has 1 aliphatic rings. The highest BCUT2D eigenvalue weighted by atomic mass is 16.5. The lowest BCUT2D eigenvalue weighted by atomic mass is 9.73. The van der Waals surface area contributed by atoms with Crippen molar-refractivity contribution in [3.8, 4) is 0 Å². The predicted octanol–water partition coefficient (Wildman–Crippen LogP) is 6.09. The van der Waals surface area contributed by atoms with E-state index in [0.717, 1.165) is 38.5 Å². The number of esters is 2. The Kier molecular flexibility index (Phi) is 11.5. The number of allylic oxidation sites excluding steroid dienone is 2. The summed E-state index contributed by atoms with van der Waals surface area (Å²) in [6.07, 6.45) is 7.87. The predicted molar refractivity (Wildman–Crippen MR) is 114 cm³/mol.